The Labute approximate surface area is 141 Å². The number of thioether (sulfide) groups is 2. The van der Waals surface area contributed by atoms with Crippen molar-refractivity contribution in [3.8, 4) is 0 Å². The Hall–Kier alpha value is -1.57. The van der Waals surface area contributed by atoms with Gasteiger partial charge in [0.1, 0.15) is 0 Å². The van der Waals surface area contributed by atoms with Gasteiger partial charge in [0.15, 0.2) is 11.6 Å². The van der Waals surface area contributed by atoms with Crippen molar-refractivity contribution in [2.75, 3.05) is 18.0 Å². The summed E-state index contributed by atoms with van der Waals surface area (Å²) in [6, 6.07) is 7.18. The van der Waals surface area contributed by atoms with Crippen LogP contribution in [0.2, 0.25) is 0 Å². The first-order chi connectivity index (χ1) is 10.6. The molecule has 1 aromatic carbocycles. The van der Waals surface area contributed by atoms with Crippen molar-refractivity contribution >= 4 is 58.0 Å². The summed E-state index contributed by atoms with van der Waals surface area (Å²) in [5.74, 6) is -0.430. The number of benzene rings is 1. The highest BCUT2D eigenvalue weighted by Gasteiger charge is 2.33. The molecular formula is C15H12N2O2S3. The van der Waals surface area contributed by atoms with E-state index < -0.39 is 0 Å². The Morgan fingerprint density at radius 1 is 1.23 bits per heavy atom. The fourth-order valence-electron chi connectivity index (χ4n) is 2.40. The van der Waals surface area contributed by atoms with Crippen LogP contribution < -0.4 is 10.6 Å². The first-order valence-corrected chi connectivity index (χ1v) is 8.67. The summed E-state index contributed by atoms with van der Waals surface area (Å²) in [5.41, 5.74) is 7.11. The zero-order valence-corrected chi connectivity index (χ0v) is 13.9. The van der Waals surface area contributed by atoms with Gasteiger partial charge in [-0.1, -0.05) is 47.9 Å². The number of hydrogen-bond acceptors (Lipinski definition) is 6. The summed E-state index contributed by atoms with van der Waals surface area (Å²) in [6.45, 7) is 0.368. The van der Waals surface area contributed by atoms with Gasteiger partial charge >= 0.3 is 0 Å². The predicted molar refractivity (Wildman–Crippen MR) is 96.1 cm³/mol. The van der Waals surface area contributed by atoms with Crippen molar-refractivity contribution in [2.45, 2.75) is 0 Å². The van der Waals surface area contributed by atoms with E-state index in [0.29, 0.717) is 11.3 Å². The molecule has 0 atom stereocenters. The number of nitrogens with two attached hydrogens (primary N) is 1. The number of thiocarbonyl (C=S) groups is 1. The first-order valence-electron chi connectivity index (χ1n) is 6.50. The summed E-state index contributed by atoms with van der Waals surface area (Å²) in [5, 5.41) is 3.74. The molecule has 0 amide bonds. The summed E-state index contributed by atoms with van der Waals surface area (Å²) in [7, 11) is 0. The van der Waals surface area contributed by atoms with Crippen LogP contribution in [-0.4, -0.2) is 29.6 Å². The molecule has 0 radical (unpaired) electrons. The van der Waals surface area contributed by atoms with Gasteiger partial charge < -0.3 is 10.6 Å². The number of anilines is 1. The van der Waals surface area contributed by atoms with Gasteiger partial charge in [-0.3, -0.25) is 9.59 Å². The minimum absolute atomic E-state index is 0.0973. The van der Waals surface area contributed by atoms with Gasteiger partial charge in [-0.15, -0.1) is 0 Å². The largest absolute Gasteiger partial charge is 0.392 e. The van der Waals surface area contributed by atoms with Gasteiger partial charge in [0.25, 0.3) is 0 Å². The molecule has 0 spiro atoms. The zero-order valence-electron chi connectivity index (χ0n) is 11.4. The first kappa shape index (κ1) is 15.3. The molecule has 0 saturated carbocycles. The normalized spacial score (nSPS) is 17.7. The van der Waals surface area contributed by atoms with Crippen molar-refractivity contribution < 1.29 is 9.59 Å². The third-order valence-electron chi connectivity index (χ3n) is 3.29. The molecule has 2 aliphatic rings. The molecule has 2 heterocycles. The number of fused-ring (bicyclic) bond motifs is 1. The number of carbonyl (C=O) groups excluding carboxylic acids is 2. The number of carbonyl (C=O) groups is 2. The minimum atomic E-state index is -0.232. The van der Waals surface area contributed by atoms with Crippen molar-refractivity contribution in [3.05, 3.63) is 50.5 Å². The molecule has 22 heavy (non-hydrogen) atoms. The van der Waals surface area contributed by atoms with Crippen molar-refractivity contribution in [1.29, 1.82) is 0 Å². The van der Waals surface area contributed by atoms with Crippen LogP contribution in [0.4, 0.5) is 5.69 Å². The molecule has 0 aliphatic carbocycles. The van der Waals surface area contributed by atoms with E-state index >= 15 is 0 Å². The Morgan fingerprint density at radius 2 is 1.91 bits per heavy atom. The van der Waals surface area contributed by atoms with Gasteiger partial charge in [0.2, 0.25) is 0 Å². The standard InChI is InChI=1S/C15H12N2O2S3/c16-12(20)8-17-7-11(18)13(15-21-5-6-22-15)14(19)9-3-1-2-4-10(9)17/h1-6H,7-8H2,(H2,16,20). The van der Waals surface area contributed by atoms with E-state index in [9.17, 15) is 9.59 Å². The van der Waals surface area contributed by atoms with Crippen LogP contribution in [-0.2, 0) is 4.79 Å². The number of ketones is 2. The molecule has 0 saturated heterocycles. The quantitative estimate of drug-likeness (QED) is 0.501. The lowest BCUT2D eigenvalue weighted by Gasteiger charge is -2.22. The van der Waals surface area contributed by atoms with Gasteiger partial charge in [-0.25, -0.2) is 0 Å². The van der Waals surface area contributed by atoms with Crippen LogP contribution in [0.3, 0.4) is 0 Å². The number of nitrogens with zero attached hydrogens (tertiary/aromatic N) is 1. The van der Waals surface area contributed by atoms with Crippen LogP contribution in [0.15, 0.2) is 44.9 Å². The van der Waals surface area contributed by atoms with Gasteiger partial charge in [-0.2, -0.15) is 0 Å². The fourth-order valence-corrected chi connectivity index (χ4v) is 4.45. The average Bonchev–Trinajstić information content (AvgIpc) is 2.97. The van der Waals surface area contributed by atoms with Gasteiger partial charge in [-0.05, 0) is 22.9 Å². The predicted octanol–water partition coefficient (Wildman–Crippen LogP) is 2.71. The Kier molecular flexibility index (Phi) is 4.37. The maximum Gasteiger partial charge on any atom is 0.200 e. The molecule has 0 fully saturated rings. The van der Waals surface area contributed by atoms with Crippen molar-refractivity contribution in [2.24, 2.45) is 5.73 Å². The van der Waals surface area contributed by atoms with E-state index in [4.69, 9.17) is 18.0 Å². The van der Waals surface area contributed by atoms with E-state index in [-0.39, 0.29) is 35.2 Å². The van der Waals surface area contributed by atoms with Crippen LogP contribution in [0.5, 0.6) is 0 Å². The molecule has 112 valence electrons. The molecule has 7 heteroatoms. The van der Waals surface area contributed by atoms with E-state index in [1.807, 2.05) is 22.9 Å². The van der Waals surface area contributed by atoms with Crippen LogP contribution in [0.25, 0.3) is 0 Å². The monoisotopic (exact) mass is 348 g/mol. The second kappa shape index (κ2) is 6.28. The molecule has 2 N–H and O–H groups in total. The third-order valence-corrected chi connectivity index (χ3v) is 5.55. The topological polar surface area (TPSA) is 63.4 Å². The molecule has 1 aromatic rings. The summed E-state index contributed by atoms with van der Waals surface area (Å²) >= 11 is 7.78. The highest BCUT2D eigenvalue weighted by Crippen LogP contribution is 2.42. The molecular weight excluding hydrogens is 336 g/mol. The second-order valence-electron chi connectivity index (χ2n) is 4.76. The second-order valence-corrected chi connectivity index (χ2v) is 7.38. The molecule has 0 unspecified atom stereocenters. The zero-order chi connectivity index (χ0) is 15.7. The lowest BCUT2D eigenvalue weighted by molar-refractivity contribution is -0.114. The molecule has 2 aliphatic heterocycles. The minimum Gasteiger partial charge on any atom is -0.392 e. The van der Waals surface area contributed by atoms with E-state index in [0.717, 1.165) is 4.24 Å². The van der Waals surface area contributed by atoms with Crippen molar-refractivity contribution in [1.82, 2.24) is 0 Å². The summed E-state index contributed by atoms with van der Waals surface area (Å²) < 4.78 is 0.738. The Morgan fingerprint density at radius 3 is 2.59 bits per heavy atom. The number of rotatable bonds is 2. The maximum absolute atomic E-state index is 12.8. The Bertz CT molecular complexity index is 730. The molecule has 3 rings (SSSR count). The maximum atomic E-state index is 12.8. The van der Waals surface area contributed by atoms with E-state index in [1.165, 1.54) is 23.5 Å². The lowest BCUT2D eigenvalue weighted by atomic mass is 10.0. The highest BCUT2D eigenvalue weighted by atomic mass is 32.2. The average molecular weight is 348 g/mol. The fraction of sp³-hybridized carbons (Fsp3) is 0.133. The third kappa shape index (κ3) is 2.84. The Balaban J connectivity index is 2.12. The van der Waals surface area contributed by atoms with E-state index in [1.54, 1.807) is 17.0 Å². The summed E-state index contributed by atoms with van der Waals surface area (Å²) in [6.07, 6.45) is 0. The number of hydrogen-bond donors (Lipinski definition) is 1. The smallest absolute Gasteiger partial charge is 0.200 e. The van der Waals surface area contributed by atoms with Crippen LogP contribution in [0, 0.1) is 0 Å². The van der Waals surface area contributed by atoms with Crippen molar-refractivity contribution in [3.63, 3.8) is 0 Å². The molecule has 0 bridgehead atoms. The number of para-hydroxylation sites is 1. The van der Waals surface area contributed by atoms with Crippen LogP contribution >= 0.6 is 35.7 Å². The summed E-state index contributed by atoms with van der Waals surface area (Å²) in [4.78, 5) is 27.5. The highest BCUT2D eigenvalue weighted by molar-refractivity contribution is 8.27. The lowest BCUT2D eigenvalue weighted by Crippen LogP contribution is -2.36. The van der Waals surface area contributed by atoms with Gasteiger partial charge in [0.05, 0.1) is 27.9 Å². The number of Topliss-reactive ketones (excluding diaryl/α,β-unsaturated/α-hetero) is 2. The SMILES string of the molecule is NC(=S)CN1CC(=O)C(=C2SC=CS2)C(=O)c2ccccc21. The van der Waals surface area contributed by atoms with Crippen LogP contribution in [0.1, 0.15) is 10.4 Å². The molecule has 4 nitrogen and oxygen atoms in total. The van der Waals surface area contributed by atoms with E-state index in [2.05, 4.69) is 0 Å². The van der Waals surface area contributed by atoms with Gasteiger partial charge in [0, 0.05) is 11.3 Å². The molecule has 0 aromatic heterocycles.